The molecule has 0 atom stereocenters. The highest BCUT2D eigenvalue weighted by Crippen LogP contribution is 2.10. The molecule has 1 amide bonds. The van der Waals surface area contributed by atoms with E-state index in [1.54, 1.807) is 12.1 Å². The number of likely N-dealkylation sites (tertiary alicyclic amines) is 1. The molecule has 0 aromatic heterocycles. The predicted octanol–water partition coefficient (Wildman–Crippen LogP) is 1.41. The lowest BCUT2D eigenvalue weighted by Gasteiger charge is -2.15. The number of nitrogens with one attached hydrogen (secondary N) is 1. The largest absolute Gasteiger partial charge is 0.342 e. The van der Waals surface area contributed by atoms with E-state index in [0.717, 1.165) is 25.9 Å². The molecule has 0 radical (unpaired) electrons. The van der Waals surface area contributed by atoms with Gasteiger partial charge in [-0.25, -0.2) is 4.39 Å². The number of hydrogen-bond acceptors (Lipinski definition) is 3. The van der Waals surface area contributed by atoms with Crippen LogP contribution in [-0.2, 0) is 11.3 Å². The van der Waals surface area contributed by atoms with Gasteiger partial charge in [0.25, 0.3) is 0 Å². The zero-order chi connectivity index (χ0) is 13.7. The summed E-state index contributed by atoms with van der Waals surface area (Å²) in [5.74, 6) is -0.355. The van der Waals surface area contributed by atoms with Gasteiger partial charge in [-0.05, 0) is 25.0 Å². The van der Waals surface area contributed by atoms with Crippen LogP contribution in [-0.4, -0.2) is 30.4 Å². The van der Waals surface area contributed by atoms with E-state index >= 15 is 0 Å². The van der Waals surface area contributed by atoms with Gasteiger partial charge < -0.3 is 10.2 Å². The maximum absolute atomic E-state index is 13.6. The van der Waals surface area contributed by atoms with Gasteiger partial charge in [-0.1, -0.05) is 6.07 Å². The molecule has 1 fully saturated rings. The van der Waals surface area contributed by atoms with Crippen LogP contribution in [0.3, 0.4) is 0 Å². The summed E-state index contributed by atoms with van der Waals surface area (Å²) in [6.45, 7) is 2.16. The van der Waals surface area contributed by atoms with Crippen molar-refractivity contribution in [3.05, 3.63) is 35.1 Å². The Morgan fingerprint density at radius 3 is 2.79 bits per heavy atom. The van der Waals surface area contributed by atoms with Crippen LogP contribution in [0.5, 0.6) is 0 Å². The molecule has 4 nitrogen and oxygen atoms in total. The standard InChI is InChI=1S/C14H16FN3O/c15-13-7-11(8-16)3-4-12(13)9-17-10-14(19)18-5-1-2-6-18/h3-4,7,17H,1-2,5-6,9-10H2. The summed E-state index contributed by atoms with van der Waals surface area (Å²) < 4.78 is 13.6. The van der Waals surface area contributed by atoms with Crippen LogP contribution < -0.4 is 5.32 Å². The Morgan fingerprint density at radius 1 is 1.42 bits per heavy atom. The number of halogens is 1. The van der Waals surface area contributed by atoms with Gasteiger partial charge in [-0.2, -0.15) is 5.26 Å². The van der Waals surface area contributed by atoms with Crippen LogP contribution in [0, 0.1) is 17.1 Å². The molecule has 2 rings (SSSR count). The number of amides is 1. The Bertz CT molecular complexity index is 504. The average molecular weight is 261 g/mol. The van der Waals surface area contributed by atoms with E-state index in [1.807, 2.05) is 11.0 Å². The van der Waals surface area contributed by atoms with Crippen LogP contribution >= 0.6 is 0 Å². The highest BCUT2D eigenvalue weighted by molar-refractivity contribution is 5.78. The third-order valence-electron chi connectivity index (χ3n) is 3.23. The molecule has 19 heavy (non-hydrogen) atoms. The first-order valence-electron chi connectivity index (χ1n) is 6.38. The summed E-state index contributed by atoms with van der Waals surface area (Å²) in [5.41, 5.74) is 0.766. The van der Waals surface area contributed by atoms with Gasteiger partial charge in [0.05, 0.1) is 18.2 Å². The van der Waals surface area contributed by atoms with Crippen LogP contribution in [0.1, 0.15) is 24.0 Å². The minimum absolute atomic E-state index is 0.0616. The minimum atomic E-state index is -0.417. The lowest BCUT2D eigenvalue weighted by atomic mass is 10.1. The summed E-state index contributed by atoms with van der Waals surface area (Å²) in [6.07, 6.45) is 2.13. The second-order valence-corrected chi connectivity index (χ2v) is 4.61. The molecule has 1 aromatic rings. The van der Waals surface area contributed by atoms with E-state index in [2.05, 4.69) is 5.32 Å². The summed E-state index contributed by atoms with van der Waals surface area (Å²) in [7, 11) is 0. The van der Waals surface area contributed by atoms with Crippen molar-refractivity contribution in [1.29, 1.82) is 5.26 Å². The van der Waals surface area contributed by atoms with Crippen molar-refractivity contribution in [2.24, 2.45) is 0 Å². The number of carbonyl (C=O) groups is 1. The predicted molar refractivity (Wildman–Crippen MR) is 68.6 cm³/mol. The summed E-state index contributed by atoms with van der Waals surface area (Å²) in [5, 5.41) is 11.6. The first-order valence-corrected chi connectivity index (χ1v) is 6.38. The summed E-state index contributed by atoms with van der Waals surface area (Å²) >= 11 is 0. The van der Waals surface area contributed by atoms with Gasteiger partial charge in [0.2, 0.25) is 5.91 Å². The summed E-state index contributed by atoms with van der Waals surface area (Å²) in [4.78, 5) is 13.6. The minimum Gasteiger partial charge on any atom is -0.342 e. The fourth-order valence-corrected chi connectivity index (χ4v) is 2.14. The summed E-state index contributed by atoms with van der Waals surface area (Å²) in [6, 6.07) is 6.24. The van der Waals surface area contributed by atoms with E-state index < -0.39 is 5.82 Å². The molecule has 1 aliphatic heterocycles. The first-order chi connectivity index (χ1) is 9.20. The second kappa shape index (κ2) is 6.30. The van der Waals surface area contributed by atoms with Gasteiger partial charge in [0.15, 0.2) is 0 Å². The topological polar surface area (TPSA) is 56.1 Å². The van der Waals surface area contributed by atoms with Crippen molar-refractivity contribution in [2.45, 2.75) is 19.4 Å². The van der Waals surface area contributed by atoms with E-state index in [9.17, 15) is 9.18 Å². The lowest BCUT2D eigenvalue weighted by Crippen LogP contribution is -2.36. The fourth-order valence-electron chi connectivity index (χ4n) is 2.14. The zero-order valence-electron chi connectivity index (χ0n) is 10.7. The monoisotopic (exact) mass is 261 g/mol. The quantitative estimate of drug-likeness (QED) is 0.891. The number of carbonyl (C=O) groups excluding carboxylic acids is 1. The van der Waals surface area contributed by atoms with Crippen LogP contribution in [0.25, 0.3) is 0 Å². The lowest BCUT2D eigenvalue weighted by molar-refractivity contribution is -0.129. The van der Waals surface area contributed by atoms with Crippen molar-refractivity contribution in [2.75, 3.05) is 19.6 Å². The highest BCUT2D eigenvalue weighted by atomic mass is 19.1. The smallest absolute Gasteiger partial charge is 0.236 e. The van der Waals surface area contributed by atoms with E-state index in [0.29, 0.717) is 11.1 Å². The molecule has 0 bridgehead atoms. The number of nitrogens with zero attached hydrogens (tertiary/aromatic N) is 2. The third-order valence-corrected chi connectivity index (χ3v) is 3.23. The molecule has 0 spiro atoms. The molecular formula is C14H16FN3O. The molecular weight excluding hydrogens is 245 g/mol. The fraction of sp³-hybridized carbons (Fsp3) is 0.429. The van der Waals surface area contributed by atoms with Crippen molar-refractivity contribution in [3.8, 4) is 6.07 Å². The molecule has 100 valence electrons. The Kier molecular flexibility index (Phi) is 4.48. The maximum atomic E-state index is 13.6. The second-order valence-electron chi connectivity index (χ2n) is 4.61. The number of benzene rings is 1. The molecule has 1 saturated heterocycles. The van der Waals surface area contributed by atoms with Gasteiger partial charge >= 0.3 is 0 Å². The maximum Gasteiger partial charge on any atom is 0.236 e. The van der Waals surface area contributed by atoms with Crippen LogP contribution in [0.15, 0.2) is 18.2 Å². The first kappa shape index (κ1) is 13.5. The Hall–Kier alpha value is -1.93. The van der Waals surface area contributed by atoms with E-state index in [-0.39, 0.29) is 19.0 Å². The molecule has 1 N–H and O–H groups in total. The third kappa shape index (κ3) is 3.52. The van der Waals surface area contributed by atoms with Crippen molar-refractivity contribution >= 4 is 5.91 Å². The van der Waals surface area contributed by atoms with E-state index in [4.69, 9.17) is 5.26 Å². The number of hydrogen-bond donors (Lipinski definition) is 1. The van der Waals surface area contributed by atoms with Crippen molar-refractivity contribution < 1.29 is 9.18 Å². The molecule has 1 heterocycles. The average Bonchev–Trinajstić information content (AvgIpc) is 2.94. The van der Waals surface area contributed by atoms with E-state index in [1.165, 1.54) is 6.07 Å². The van der Waals surface area contributed by atoms with Crippen LogP contribution in [0.2, 0.25) is 0 Å². The van der Waals surface area contributed by atoms with Gasteiger partial charge in [-0.3, -0.25) is 4.79 Å². The zero-order valence-corrected chi connectivity index (χ0v) is 10.7. The molecule has 5 heteroatoms. The van der Waals surface area contributed by atoms with Crippen LogP contribution in [0.4, 0.5) is 4.39 Å². The molecule has 1 aliphatic rings. The highest BCUT2D eigenvalue weighted by Gasteiger charge is 2.17. The van der Waals surface area contributed by atoms with Gasteiger partial charge in [0.1, 0.15) is 5.82 Å². The Labute approximate surface area is 111 Å². The molecule has 1 aromatic carbocycles. The normalized spacial score (nSPS) is 14.4. The molecule has 0 saturated carbocycles. The Morgan fingerprint density at radius 2 is 2.16 bits per heavy atom. The Balaban J connectivity index is 1.82. The molecule has 0 aliphatic carbocycles. The van der Waals surface area contributed by atoms with Gasteiger partial charge in [0, 0.05) is 25.2 Å². The van der Waals surface area contributed by atoms with Crippen molar-refractivity contribution in [1.82, 2.24) is 10.2 Å². The van der Waals surface area contributed by atoms with Gasteiger partial charge in [-0.15, -0.1) is 0 Å². The number of nitriles is 1. The molecule has 0 unspecified atom stereocenters. The SMILES string of the molecule is N#Cc1ccc(CNCC(=O)N2CCCC2)c(F)c1. The van der Waals surface area contributed by atoms with Crippen molar-refractivity contribution in [3.63, 3.8) is 0 Å². The number of rotatable bonds is 4.